The molecule has 0 saturated carbocycles. The van der Waals surface area contributed by atoms with Gasteiger partial charge in [-0.05, 0) is 36.4 Å². The molecule has 0 spiro atoms. The molecule has 0 unspecified atom stereocenters. The van der Waals surface area contributed by atoms with E-state index in [0.29, 0.717) is 28.5 Å². The van der Waals surface area contributed by atoms with Gasteiger partial charge in [-0.15, -0.1) is 0 Å². The van der Waals surface area contributed by atoms with Crippen molar-refractivity contribution in [1.29, 1.82) is 0 Å². The molecule has 0 aliphatic carbocycles. The van der Waals surface area contributed by atoms with Gasteiger partial charge in [0, 0.05) is 24.9 Å². The van der Waals surface area contributed by atoms with E-state index in [9.17, 15) is 14.0 Å². The number of anilines is 1. The molecular weight excluding hydrogens is 465 g/mol. The molecule has 1 fully saturated rings. The van der Waals surface area contributed by atoms with Crippen LogP contribution in [0, 0.1) is 11.8 Å². The highest BCUT2D eigenvalue weighted by Crippen LogP contribution is 2.32. The number of para-hydroxylation sites is 1. The Bertz CT molecular complexity index is 1360. The predicted molar refractivity (Wildman–Crippen MR) is 129 cm³/mol. The number of rotatable bonds is 4. The van der Waals surface area contributed by atoms with Crippen molar-refractivity contribution in [3.63, 3.8) is 0 Å². The maximum atomic E-state index is 14.1. The Hall–Kier alpha value is -4.42. The van der Waals surface area contributed by atoms with E-state index in [4.69, 9.17) is 14.2 Å². The largest absolute Gasteiger partial charge is 0.489 e. The van der Waals surface area contributed by atoms with Crippen LogP contribution in [0.15, 0.2) is 66.9 Å². The molecule has 2 aromatic carbocycles. The first kappa shape index (κ1) is 23.3. The van der Waals surface area contributed by atoms with Crippen molar-refractivity contribution >= 4 is 17.5 Å². The summed E-state index contributed by atoms with van der Waals surface area (Å²) in [5.41, 5.74) is -0.545. The van der Waals surface area contributed by atoms with Gasteiger partial charge >= 0.3 is 0 Å². The smallest absolute Gasteiger partial charge is 0.270 e. The van der Waals surface area contributed by atoms with E-state index in [1.165, 1.54) is 17.2 Å². The van der Waals surface area contributed by atoms with Crippen LogP contribution in [-0.4, -0.2) is 55.4 Å². The van der Waals surface area contributed by atoms with Crippen molar-refractivity contribution in [3.05, 3.63) is 78.1 Å². The topological polar surface area (TPSA) is 90.0 Å². The lowest BCUT2D eigenvalue weighted by molar-refractivity contribution is -0.120. The SMILES string of the molecule is CN1C(=O)[C@H](NC(=O)c2cc(Oc3ccccc3)ccn2)COc2ccc(C#CC3(F)COC3)cc21. The van der Waals surface area contributed by atoms with Gasteiger partial charge in [0.1, 0.15) is 35.6 Å². The lowest BCUT2D eigenvalue weighted by Gasteiger charge is -2.28. The summed E-state index contributed by atoms with van der Waals surface area (Å²) in [4.78, 5) is 31.5. The Labute approximate surface area is 207 Å². The lowest BCUT2D eigenvalue weighted by atomic mass is 10.0. The van der Waals surface area contributed by atoms with Crippen molar-refractivity contribution in [2.75, 3.05) is 31.8 Å². The first-order valence-electron chi connectivity index (χ1n) is 11.2. The fraction of sp³-hybridized carbons (Fsp3) is 0.222. The summed E-state index contributed by atoms with van der Waals surface area (Å²) in [6.07, 6.45) is 1.46. The Morgan fingerprint density at radius 2 is 1.97 bits per heavy atom. The van der Waals surface area contributed by atoms with Crippen LogP contribution in [0.25, 0.3) is 0 Å². The molecule has 182 valence electrons. The first-order chi connectivity index (χ1) is 17.4. The van der Waals surface area contributed by atoms with Crippen LogP contribution in [0.1, 0.15) is 16.1 Å². The van der Waals surface area contributed by atoms with Gasteiger partial charge in [0.15, 0.2) is 0 Å². The van der Waals surface area contributed by atoms with E-state index in [1.807, 2.05) is 18.2 Å². The van der Waals surface area contributed by atoms with Gasteiger partial charge in [-0.2, -0.15) is 0 Å². The van der Waals surface area contributed by atoms with Crippen LogP contribution in [0.3, 0.4) is 0 Å². The second-order valence-corrected chi connectivity index (χ2v) is 8.42. The number of benzene rings is 2. The van der Waals surface area contributed by atoms with Crippen molar-refractivity contribution in [1.82, 2.24) is 10.3 Å². The van der Waals surface area contributed by atoms with Gasteiger partial charge in [-0.25, -0.2) is 4.39 Å². The number of amides is 2. The minimum atomic E-state index is -1.64. The molecule has 1 aromatic heterocycles. The number of pyridine rings is 1. The lowest BCUT2D eigenvalue weighted by Crippen LogP contribution is -2.49. The summed E-state index contributed by atoms with van der Waals surface area (Å²) in [5, 5.41) is 2.69. The van der Waals surface area contributed by atoms with Crippen molar-refractivity contribution in [3.8, 4) is 29.1 Å². The molecule has 2 amide bonds. The highest BCUT2D eigenvalue weighted by atomic mass is 19.1. The number of carbonyl (C=O) groups excluding carboxylic acids is 2. The average molecular weight is 487 g/mol. The maximum Gasteiger partial charge on any atom is 0.270 e. The summed E-state index contributed by atoms with van der Waals surface area (Å²) in [6.45, 7) is -0.175. The molecule has 1 saturated heterocycles. The molecule has 3 aromatic rings. The van der Waals surface area contributed by atoms with Crippen LogP contribution in [0.2, 0.25) is 0 Å². The molecule has 8 nitrogen and oxygen atoms in total. The summed E-state index contributed by atoms with van der Waals surface area (Å²) in [5.74, 6) is 5.95. The molecule has 2 aliphatic heterocycles. The number of nitrogens with zero attached hydrogens (tertiary/aromatic N) is 2. The number of nitrogens with one attached hydrogen (secondary N) is 1. The highest BCUT2D eigenvalue weighted by Gasteiger charge is 2.37. The number of fused-ring (bicyclic) bond motifs is 1. The maximum absolute atomic E-state index is 14.1. The number of likely N-dealkylation sites (N-methyl/N-ethyl adjacent to an activating group) is 1. The Morgan fingerprint density at radius 1 is 1.17 bits per heavy atom. The van der Waals surface area contributed by atoms with E-state index < -0.39 is 17.6 Å². The quantitative estimate of drug-likeness (QED) is 0.569. The standard InChI is InChI=1S/C27H22FN3O5/c1-31-23-13-18(9-11-27(28)16-34-17-27)7-8-24(23)35-15-22(26(31)33)30-25(32)21-14-20(10-12-29-21)36-19-5-3-2-4-6-19/h2-8,10,12-14,22H,15-17H2,1H3,(H,30,32)/t22-/m1/s1. The minimum absolute atomic E-state index is 0.0516. The zero-order chi connectivity index (χ0) is 25.1. The Balaban J connectivity index is 1.29. The van der Waals surface area contributed by atoms with Gasteiger partial charge in [0.25, 0.3) is 11.8 Å². The summed E-state index contributed by atoms with van der Waals surface area (Å²) in [7, 11) is 1.58. The van der Waals surface area contributed by atoms with Gasteiger partial charge in [-0.3, -0.25) is 14.6 Å². The second kappa shape index (κ2) is 9.68. The summed E-state index contributed by atoms with van der Waals surface area (Å²) in [6, 6.07) is 16.3. The van der Waals surface area contributed by atoms with E-state index >= 15 is 0 Å². The molecule has 0 bridgehead atoms. The molecule has 2 aliphatic rings. The number of alkyl halides is 1. The van der Waals surface area contributed by atoms with E-state index in [-0.39, 0.29) is 31.4 Å². The monoisotopic (exact) mass is 487 g/mol. The summed E-state index contributed by atoms with van der Waals surface area (Å²) >= 11 is 0. The van der Waals surface area contributed by atoms with Crippen LogP contribution >= 0.6 is 0 Å². The molecule has 36 heavy (non-hydrogen) atoms. The molecule has 9 heteroatoms. The molecule has 0 radical (unpaired) electrons. The number of ether oxygens (including phenoxy) is 3. The fourth-order valence-electron chi connectivity index (χ4n) is 3.67. The molecule has 5 rings (SSSR count). The Morgan fingerprint density at radius 3 is 2.72 bits per heavy atom. The number of hydrogen-bond acceptors (Lipinski definition) is 6. The average Bonchev–Trinajstić information content (AvgIpc) is 2.99. The third kappa shape index (κ3) is 4.99. The minimum Gasteiger partial charge on any atom is -0.489 e. The number of halogens is 1. The van der Waals surface area contributed by atoms with Gasteiger partial charge in [0.05, 0.1) is 18.9 Å². The zero-order valence-corrected chi connectivity index (χ0v) is 19.4. The van der Waals surface area contributed by atoms with Gasteiger partial charge in [-0.1, -0.05) is 30.0 Å². The third-order valence-corrected chi connectivity index (χ3v) is 5.70. The van der Waals surface area contributed by atoms with E-state index in [1.54, 1.807) is 43.4 Å². The van der Waals surface area contributed by atoms with Gasteiger partial charge in [0.2, 0.25) is 5.67 Å². The number of hydrogen-bond donors (Lipinski definition) is 1. The van der Waals surface area contributed by atoms with Crippen LogP contribution in [0.4, 0.5) is 10.1 Å². The first-order valence-corrected chi connectivity index (χ1v) is 11.2. The summed E-state index contributed by atoms with van der Waals surface area (Å²) < 4.78 is 30.6. The molecular formula is C27H22FN3O5. The van der Waals surface area contributed by atoms with Crippen LogP contribution in [0.5, 0.6) is 17.2 Å². The van der Waals surface area contributed by atoms with Crippen LogP contribution < -0.4 is 19.7 Å². The fourth-order valence-corrected chi connectivity index (χ4v) is 3.67. The second-order valence-electron chi connectivity index (χ2n) is 8.42. The Kier molecular flexibility index (Phi) is 6.27. The predicted octanol–water partition coefficient (Wildman–Crippen LogP) is 3.12. The zero-order valence-electron chi connectivity index (χ0n) is 19.4. The van der Waals surface area contributed by atoms with Crippen LogP contribution in [-0.2, 0) is 9.53 Å². The number of aromatic nitrogens is 1. The van der Waals surface area contributed by atoms with E-state index in [0.717, 1.165) is 0 Å². The van der Waals surface area contributed by atoms with Crippen molar-refractivity contribution < 1.29 is 28.2 Å². The van der Waals surface area contributed by atoms with E-state index in [2.05, 4.69) is 22.1 Å². The molecule has 1 atom stereocenters. The van der Waals surface area contributed by atoms with Crippen molar-refractivity contribution in [2.45, 2.75) is 11.7 Å². The normalized spacial score (nSPS) is 17.9. The van der Waals surface area contributed by atoms with Gasteiger partial charge < -0.3 is 24.4 Å². The van der Waals surface area contributed by atoms with Crippen molar-refractivity contribution in [2.24, 2.45) is 0 Å². The third-order valence-electron chi connectivity index (χ3n) is 5.70. The highest BCUT2D eigenvalue weighted by molar-refractivity contribution is 6.03. The molecule has 3 heterocycles. The molecule has 1 N–H and O–H groups in total. The number of carbonyl (C=O) groups is 2.